The lowest BCUT2D eigenvalue weighted by Gasteiger charge is -2.00. The van der Waals surface area contributed by atoms with Crippen molar-refractivity contribution in [3.8, 4) is 0 Å². The third kappa shape index (κ3) is 3.85. The summed E-state index contributed by atoms with van der Waals surface area (Å²) in [6.45, 7) is 2.55. The van der Waals surface area contributed by atoms with E-state index >= 15 is 0 Å². The Morgan fingerprint density at radius 3 is 3.00 bits per heavy atom. The highest BCUT2D eigenvalue weighted by atomic mass is 32.1. The van der Waals surface area contributed by atoms with E-state index in [1.54, 1.807) is 0 Å². The molecule has 1 heterocycles. The Hall–Kier alpha value is -0.940. The molecule has 4 nitrogen and oxygen atoms in total. The molecule has 0 saturated heterocycles. The van der Waals surface area contributed by atoms with Crippen molar-refractivity contribution in [1.82, 2.24) is 4.98 Å². The fraction of sp³-hybridized carbons (Fsp3) is 0.556. The second-order valence-corrected chi connectivity index (χ2v) is 3.95. The number of aromatic nitrogens is 1. The molecular weight excluding hydrogens is 198 g/mol. The number of carbonyl (C=O) groups is 1. The Morgan fingerprint density at radius 1 is 1.64 bits per heavy atom. The summed E-state index contributed by atoms with van der Waals surface area (Å²) in [6.07, 6.45) is 2.26. The SMILES string of the molecule is Cc1csc(NC(=O)CCCCN)n1. The summed E-state index contributed by atoms with van der Waals surface area (Å²) in [5, 5.41) is 5.34. The third-order valence-corrected chi connectivity index (χ3v) is 2.60. The molecule has 0 aliphatic heterocycles. The predicted octanol–water partition coefficient (Wildman–Crippen LogP) is 1.52. The molecular formula is C9H15N3OS. The number of hydrogen-bond acceptors (Lipinski definition) is 4. The van der Waals surface area contributed by atoms with Crippen molar-refractivity contribution in [3.63, 3.8) is 0 Å². The Bertz CT molecular complexity index is 298. The molecule has 0 saturated carbocycles. The van der Waals surface area contributed by atoms with Crippen LogP contribution in [-0.4, -0.2) is 17.4 Å². The lowest BCUT2D eigenvalue weighted by Crippen LogP contribution is -2.11. The van der Waals surface area contributed by atoms with E-state index in [2.05, 4.69) is 10.3 Å². The van der Waals surface area contributed by atoms with Crippen LogP contribution in [0.3, 0.4) is 0 Å². The van der Waals surface area contributed by atoms with Gasteiger partial charge in [-0.3, -0.25) is 4.79 Å². The van der Waals surface area contributed by atoms with Gasteiger partial charge in [0.1, 0.15) is 0 Å². The van der Waals surface area contributed by atoms with Gasteiger partial charge in [0.15, 0.2) is 5.13 Å². The van der Waals surface area contributed by atoms with Crippen LogP contribution in [0.4, 0.5) is 5.13 Å². The van der Waals surface area contributed by atoms with Gasteiger partial charge >= 0.3 is 0 Å². The largest absolute Gasteiger partial charge is 0.330 e. The van der Waals surface area contributed by atoms with Crippen molar-refractivity contribution in [2.45, 2.75) is 26.2 Å². The fourth-order valence-electron chi connectivity index (χ4n) is 1.02. The molecule has 1 rings (SSSR count). The maximum atomic E-state index is 11.3. The van der Waals surface area contributed by atoms with E-state index in [4.69, 9.17) is 5.73 Å². The molecule has 1 aromatic heterocycles. The number of anilines is 1. The number of aryl methyl sites for hydroxylation is 1. The van der Waals surface area contributed by atoms with Gasteiger partial charge in [0, 0.05) is 11.8 Å². The number of hydrogen-bond donors (Lipinski definition) is 2. The average Bonchev–Trinajstić information content (AvgIpc) is 2.52. The van der Waals surface area contributed by atoms with E-state index in [0.29, 0.717) is 18.1 Å². The maximum Gasteiger partial charge on any atom is 0.226 e. The van der Waals surface area contributed by atoms with Gasteiger partial charge < -0.3 is 11.1 Å². The van der Waals surface area contributed by atoms with Gasteiger partial charge in [-0.1, -0.05) is 0 Å². The second-order valence-electron chi connectivity index (χ2n) is 3.09. The number of unbranched alkanes of at least 4 members (excludes halogenated alkanes) is 1. The van der Waals surface area contributed by atoms with E-state index in [1.807, 2.05) is 12.3 Å². The number of amides is 1. The number of nitrogens with two attached hydrogens (primary N) is 1. The molecule has 0 aliphatic rings. The lowest BCUT2D eigenvalue weighted by molar-refractivity contribution is -0.116. The maximum absolute atomic E-state index is 11.3. The number of nitrogens with one attached hydrogen (secondary N) is 1. The average molecular weight is 213 g/mol. The van der Waals surface area contributed by atoms with Crippen LogP contribution < -0.4 is 11.1 Å². The molecule has 0 spiro atoms. The minimum atomic E-state index is 0.0211. The minimum absolute atomic E-state index is 0.0211. The van der Waals surface area contributed by atoms with Crippen LogP contribution in [0.15, 0.2) is 5.38 Å². The van der Waals surface area contributed by atoms with Gasteiger partial charge in [-0.15, -0.1) is 11.3 Å². The predicted molar refractivity (Wildman–Crippen MR) is 58.4 cm³/mol. The molecule has 1 amide bonds. The molecule has 0 bridgehead atoms. The smallest absolute Gasteiger partial charge is 0.226 e. The molecule has 5 heteroatoms. The molecule has 3 N–H and O–H groups in total. The number of thiazole rings is 1. The van der Waals surface area contributed by atoms with E-state index in [0.717, 1.165) is 18.5 Å². The first-order chi connectivity index (χ1) is 6.72. The molecule has 0 unspecified atom stereocenters. The van der Waals surface area contributed by atoms with Crippen molar-refractivity contribution in [3.05, 3.63) is 11.1 Å². The summed E-state index contributed by atoms with van der Waals surface area (Å²) in [4.78, 5) is 15.5. The van der Waals surface area contributed by atoms with Gasteiger partial charge in [0.05, 0.1) is 5.69 Å². The molecule has 0 aromatic carbocycles. The first-order valence-electron chi connectivity index (χ1n) is 4.64. The molecule has 14 heavy (non-hydrogen) atoms. The normalized spacial score (nSPS) is 10.1. The van der Waals surface area contributed by atoms with Crippen LogP contribution in [0.5, 0.6) is 0 Å². The Labute approximate surface area is 87.5 Å². The Balaban J connectivity index is 2.27. The van der Waals surface area contributed by atoms with Crippen molar-refractivity contribution in [1.29, 1.82) is 0 Å². The summed E-state index contributed by atoms with van der Waals surface area (Å²) in [6, 6.07) is 0. The molecule has 0 atom stereocenters. The summed E-state index contributed by atoms with van der Waals surface area (Å²) >= 11 is 1.45. The van der Waals surface area contributed by atoms with E-state index in [9.17, 15) is 4.79 Å². The highest BCUT2D eigenvalue weighted by molar-refractivity contribution is 7.13. The van der Waals surface area contributed by atoms with Crippen LogP contribution in [0.25, 0.3) is 0 Å². The quantitative estimate of drug-likeness (QED) is 0.729. The van der Waals surface area contributed by atoms with E-state index in [-0.39, 0.29) is 5.91 Å². The summed E-state index contributed by atoms with van der Waals surface area (Å²) in [5.74, 6) is 0.0211. The zero-order chi connectivity index (χ0) is 10.4. The number of nitrogens with zero attached hydrogens (tertiary/aromatic N) is 1. The molecule has 0 fully saturated rings. The Kier molecular flexibility index (Phi) is 4.55. The molecule has 0 radical (unpaired) electrons. The van der Waals surface area contributed by atoms with Crippen LogP contribution in [0.2, 0.25) is 0 Å². The van der Waals surface area contributed by atoms with Crippen LogP contribution >= 0.6 is 11.3 Å². The van der Waals surface area contributed by atoms with Gasteiger partial charge in [-0.05, 0) is 26.3 Å². The standard InChI is InChI=1S/C9H15N3OS/c1-7-6-14-9(11-7)12-8(13)4-2-3-5-10/h6H,2-5,10H2,1H3,(H,11,12,13). The van der Waals surface area contributed by atoms with Crippen molar-refractivity contribution in [2.75, 3.05) is 11.9 Å². The van der Waals surface area contributed by atoms with E-state index in [1.165, 1.54) is 11.3 Å². The third-order valence-electron chi connectivity index (χ3n) is 1.72. The highest BCUT2D eigenvalue weighted by Crippen LogP contribution is 2.14. The zero-order valence-corrected chi connectivity index (χ0v) is 9.06. The van der Waals surface area contributed by atoms with Crippen molar-refractivity contribution < 1.29 is 4.79 Å². The molecule has 0 aliphatic carbocycles. The first-order valence-corrected chi connectivity index (χ1v) is 5.52. The van der Waals surface area contributed by atoms with Crippen LogP contribution in [0.1, 0.15) is 25.0 Å². The van der Waals surface area contributed by atoms with Crippen LogP contribution in [-0.2, 0) is 4.79 Å². The minimum Gasteiger partial charge on any atom is -0.330 e. The first kappa shape index (κ1) is 11.1. The zero-order valence-electron chi connectivity index (χ0n) is 8.25. The summed E-state index contributed by atoms with van der Waals surface area (Å²) in [7, 11) is 0. The van der Waals surface area contributed by atoms with Crippen LogP contribution in [0, 0.1) is 6.92 Å². The van der Waals surface area contributed by atoms with Gasteiger partial charge in [-0.25, -0.2) is 4.98 Å². The number of rotatable bonds is 5. The van der Waals surface area contributed by atoms with Gasteiger partial charge in [0.25, 0.3) is 0 Å². The summed E-state index contributed by atoms with van der Waals surface area (Å²) in [5.41, 5.74) is 6.27. The molecule has 78 valence electrons. The highest BCUT2D eigenvalue weighted by Gasteiger charge is 2.04. The summed E-state index contributed by atoms with van der Waals surface area (Å²) < 4.78 is 0. The fourth-order valence-corrected chi connectivity index (χ4v) is 1.73. The number of carbonyl (C=O) groups excluding carboxylic acids is 1. The van der Waals surface area contributed by atoms with Gasteiger partial charge in [0.2, 0.25) is 5.91 Å². The van der Waals surface area contributed by atoms with Gasteiger partial charge in [-0.2, -0.15) is 0 Å². The Morgan fingerprint density at radius 2 is 2.43 bits per heavy atom. The topological polar surface area (TPSA) is 68.0 Å². The lowest BCUT2D eigenvalue weighted by atomic mass is 10.2. The van der Waals surface area contributed by atoms with E-state index < -0.39 is 0 Å². The monoisotopic (exact) mass is 213 g/mol. The second kappa shape index (κ2) is 5.72. The van der Waals surface area contributed by atoms with Crippen molar-refractivity contribution in [2.24, 2.45) is 5.73 Å². The van der Waals surface area contributed by atoms with Crippen molar-refractivity contribution >= 4 is 22.4 Å². The molecule has 1 aromatic rings.